The summed E-state index contributed by atoms with van der Waals surface area (Å²) in [5.74, 6) is 0.620. The molecule has 0 bridgehead atoms. The van der Waals surface area contributed by atoms with E-state index >= 15 is 0 Å². The molecular weight excluding hydrogens is 405 g/mol. The van der Waals surface area contributed by atoms with Crippen LogP contribution in [-0.2, 0) is 6.42 Å². The zero-order chi connectivity index (χ0) is 22.2. The third-order valence-corrected chi connectivity index (χ3v) is 5.55. The zero-order valence-electron chi connectivity index (χ0n) is 18.2. The van der Waals surface area contributed by atoms with Crippen LogP contribution in [-0.4, -0.2) is 36.0 Å². The van der Waals surface area contributed by atoms with E-state index in [1.54, 1.807) is 12.5 Å². The van der Waals surface area contributed by atoms with Crippen molar-refractivity contribution in [1.29, 1.82) is 0 Å². The molecule has 0 radical (unpaired) electrons. The predicted octanol–water partition coefficient (Wildman–Crippen LogP) is 5.05. The molecular formula is C24H24FN7. The third kappa shape index (κ3) is 3.68. The predicted molar refractivity (Wildman–Crippen MR) is 124 cm³/mol. The standard InChI is InChI=1S/C24H24FN7/c1-14(2)32-13-29-21-23(30-22(31-24(21)32)17-9-18(25)12-26-10-17)27-7-6-16-11-28-20-5-4-15(3)8-19(16)20/h4-5,8-14,28H,6-7H2,1-3H3,(H,27,30,31). The van der Waals surface area contributed by atoms with Gasteiger partial charge in [-0.15, -0.1) is 0 Å². The Morgan fingerprint density at radius 3 is 2.84 bits per heavy atom. The van der Waals surface area contributed by atoms with Crippen LogP contribution in [0, 0.1) is 12.7 Å². The largest absolute Gasteiger partial charge is 0.368 e. The van der Waals surface area contributed by atoms with Crippen molar-refractivity contribution in [3.63, 3.8) is 0 Å². The summed E-state index contributed by atoms with van der Waals surface area (Å²) in [5.41, 5.74) is 5.53. The van der Waals surface area contributed by atoms with E-state index in [1.807, 2.05) is 4.57 Å². The van der Waals surface area contributed by atoms with E-state index in [0.717, 1.165) is 11.9 Å². The van der Waals surface area contributed by atoms with Crippen molar-refractivity contribution in [2.75, 3.05) is 11.9 Å². The SMILES string of the molecule is Cc1ccc2[nH]cc(CCNc3nc(-c4cncc(F)c4)nc4c3ncn4C(C)C)c2c1. The summed E-state index contributed by atoms with van der Waals surface area (Å²) in [6.45, 7) is 6.90. The number of halogens is 1. The number of hydrogen-bond acceptors (Lipinski definition) is 5. The molecule has 0 saturated heterocycles. The number of nitrogens with zero attached hydrogens (tertiary/aromatic N) is 5. The number of anilines is 1. The molecule has 0 amide bonds. The molecule has 0 atom stereocenters. The summed E-state index contributed by atoms with van der Waals surface area (Å²) in [6.07, 6.45) is 7.38. The monoisotopic (exact) mass is 429 g/mol. The lowest BCUT2D eigenvalue weighted by atomic mass is 10.1. The zero-order valence-corrected chi connectivity index (χ0v) is 18.2. The highest BCUT2D eigenvalue weighted by atomic mass is 19.1. The van der Waals surface area contributed by atoms with Gasteiger partial charge in [-0.3, -0.25) is 4.98 Å². The highest BCUT2D eigenvalue weighted by molar-refractivity contribution is 5.86. The fraction of sp³-hybridized carbons (Fsp3) is 0.250. The highest BCUT2D eigenvalue weighted by Crippen LogP contribution is 2.26. The van der Waals surface area contributed by atoms with E-state index in [0.29, 0.717) is 34.9 Å². The molecule has 4 aromatic heterocycles. The Hall–Kier alpha value is -3.81. The van der Waals surface area contributed by atoms with Gasteiger partial charge in [-0.05, 0) is 51.0 Å². The van der Waals surface area contributed by atoms with E-state index in [1.165, 1.54) is 28.8 Å². The second-order valence-corrected chi connectivity index (χ2v) is 8.25. The van der Waals surface area contributed by atoms with E-state index in [-0.39, 0.29) is 6.04 Å². The molecule has 2 N–H and O–H groups in total. The Labute approximate surface area is 184 Å². The number of aryl methyl sites for hydroxylation is 1. The number of nitrogens with one attached hydrogen (secondary N) is 2. The first-order chi connectivity index (χ1) is 15.5. The van der Waals surface area contributed by atoms with Crippen LogP contribution in [0.5, 0.6) is 0 Å². The maximum Gasteiger partial charge on any atom is 0.166 e. The minimum atomic E-state index is -0.423. The van der Waals surface area contributed by atoms with Gasteiger partial charge in [0.15, 0.2) is 17.3 Å². The van der Waals surface area contributed by atoms with Crippen LogP contribution in [0.2, 0.25) is 0 Å². The van der Waals surface area contributed by atoms with E-state index < -0.39 is 5.82 Å². The molecule has 32 heavy (non-hydrogen) atoms. The minimum Gasteiger partial charge on any atom is -0.368 e. The van der Waals surface area contributed by atoms with Crippen molar-refractivity contribution >= 4 is 27.9 Å². The molecule has 0 aliphatic rings. The van der Waals surface area contributed by atoms with Gasteiger partial charge in [0.25, 0.3) is 0 Å². The Morgan fingerprint density at radius 2 is 2.03 bits per heavy atom. The number of H-pyrrole nitrogens is 1. The van der Waals surface area contributed by atoms with Gasteiger partial charge in [-0.1, -0.05) is 11.6 Å². The van der Waals surface area contributed by atoms with Crippen molar-refractivity contribution in [2.45, 2.75) is 33.2 Å². The van der Waals surface area contributed by atoms with Gasteiger partial charge in [0.2, 0.25) is 0 Å². The molecule has 4 heterocycles. The molecule has 0 unspecified atom stereocenters. The lowest BCUT2D eigenvalue weighted by Crippen LogP contribution is -2.09. The van der Waals surface area contributed by atoms with Gasteiger partial charge in [-0.25, -0.2) is 19.3 Å². The Morgan fingerprint density at radius 1 is 1.16 bits per heavy atom. The molecule has 0 fully saturated rings. The summed E-state index contributed by atoms with van der Waals surface area (Å²) in [4.78, 5) is 21.2. The summed E-state index contributed by atoms with van der Waals surface area (Å²) in [6, 6.07) is 7.97. The Bertz CT molecular complexity index is 1420. The van der Waals surface area contributed by atoms with Gasteiger partial charge in [-0.2, -0.15) is 0 Å². The molecule has 5 aromatic rings. The van der Waals surface area contributed by atoms with Gasteiger partial charge in [0.1, 0.15) is 11.3 Å². The maximum absolute atomic E-state index is 13.8. The fourth-order valence-corrected chi connectivity index (χ4v) is 3.90. The first-order valence-electron chi connectivity index (χ1n) is 10.7. The van der Waals surface area contributed by atoms with Crippen LogP contribution in [0.25, 0.3) is 33.5 Å². The lowest BCUT2D eigenvalue weighted by Gasteiger charge is -2.11. The van der Waals surface area contributed by atoms with Gasteiger partial charge < -0.3 is 14.9 Å². The van der Waals surface area contributed by atoms with Crippen molar-refractivity contribution in [3.05, 3.63) is 66.1 Å². The summed E-state index contributed by atoms with van der Waals surface area (Å²) in [7, 11) is 0. The first kappa shape index (κ1) is 20.1. The number of aromatic amines is 1. The summed E-state index contributed by atoms with van der Waals surface area (Å²) < 4.78 is 15.8. The van der Waals surface area contributed by atoms with Crippen LogP contribution in [0.15, 0.2) is 49.2 Å². The quantitative estimate of drug-likeness (QED) is 0.394. The molecule has 0 spiro atoms. The molecule has 0 aliphatic heterocycles. The van der Waals surface area contributed by atoms with E-state index in [9.17, 15) is 4.39 Å². The maximum atomic E-state index is 13.8. The molecule has 7 nitrogen and oxygen atoms in total. The number of pyridine rings is 1. The second kappa shape index (κ2) is 8.03. The van der Waals surface area contributed by atoms with Crippen LogP contribution in [0.3, 0.4) is 0 Å². The molecule has 5 rings (SSSR count). The average Bonchev–Trinajstić information content (AvgIpc) is 3.38. The molecule has 0 saturated carbocycles. The van der Waals surface area contributed by atoms with Crippen LogP contribution >= 0.6 is 0 Å². The number of hydrogen-bond donors (Lipinski definition) is 2. The van der Waals surface area contributed by atoms with Crippen molar-refractivity contribution < 1.29 is 4.39 Å². The van der Waals surface area contributed by atoms with E-state index in [2.05, 4.69) is 75.4 Å². The second-order valence-electron chi connectivity index (χ2n) is 8.25. The number of fused-ring (bicyclic) bond motifs is 2. The average molecular weight is 430 g/mol. The van der Waals surface area contributed by atoms with Crippen LogP contribution < -0.4 is 5.32 Å². The number of rotatable bonds is 6. The van der Waals surface area contributed by atoms with Gasteiger partial charge >= 0.3 is 0 Å². The number of imidazole rings is 1. The summed E-state index contributed by atoms with van der Waals surface area (Å²) >= 11 is 0. The van der Waals surface area contributed by atoms with Gasteiger partial charge in [0, 0.05) is 41.4 Å². The number of benzene rings is 1. The Balaban J connectivity index is 1.48. The van der Waals surface area contributed by atoms with E-state index in [4.69, 9.17) is 0 Å². The first-order valence-corrected chi connectivity index (χ1v) is 10.7. The molecule has 162 valence electrons. The topological polar surface area (TPSA) is 84.3 Å². The molecule has 0 aliphatic carbocycles. The Kier molecular flexibility index (Phi) is 5.05. The minimum absolute atomic E-state index is 0.177. The summed E-state index contributed by atoms with van der Waals surface area (Å²) in [5, 5.41) is 4.66. The van der Waals surface area contributed by atoms with Gasteiger partial charge in [0.05, 0.1) is 12.5 Å². The smallest absolute Gasteiger partial charge is 0.166 e. The highest BCUT2D eigenvalue weighted by Gasteiger charge is 2.16. The normalized spacial score (nSPS) is 11.7. The van der Waals surface area contributed by atoms with Crippen LogP contribution in [0.4, 0.5) is 10.2 Å². The van der Waals surface area contributed by atoms with Crippen molar-refractivity contribution in [2.24, 2.45) is 0 Å². The fourth-order valence-electron chi connectivity index (χ4n) is 3.90. The van der Waals surface area contributed by atoms with Crippen molar-refractivity contribution in [3.8, 4) is 11.4 Å². The van der Waals surface area contributed by atoms with Crippen LogP contribution in [0.1, 0.15) is 31.0 Å². The molecule has 1 aromatic carbocycles. The lowest BCUT2D eigenvalue weighted by molar-refractivity contribution is 0.612. The molecule has 8 heteroatoms. The number of aromatic nitrogens is 6. The third-order valence-electron chi connectivity index (χ3n) is 5.55. The van der Waals surface area contributed by atoms with Crippen molar-refractivity contribution in [1.82, 2.24) is 29.5 Å².